The minimum absolute atomic E-state index is 0.00681. The molecule has 1 aliphatic rings. The van der Waals surface area contributed by atoms with Gasteiger partial charge < -0.3 is 15.0 Å². The van der Waals surface area contributed by atoms with E-state index >= 15 is 0 Å². The zero-order valence-electron chi connectivity index (χ0n) is 18.5. The largest absolute Gasteiger partial charge is 0.457 e. The van der Waals surface area contributed by atoms with Crippen LogP contribution in [0.15, 0.2) is 72.8 Å². The fourth-order valence-electron chi connectivity index (χ4n) is 4.14. The highest BCUT2D eigenvalue weighted by Gasteiger charge is 2.36. The molecule has 1 heterocycles. The van der Waals surface area contributed by atoms with E-state index in [9.17, 15) is 9.59 Å². The number of rotatable bonds is 7. The second-order valence-corrected chi connectivity index (χ2v) is 7.97. The van der Waals surface area contributed by atoms with Crippen molar-refractivity contribution in [3.8, 4) is 11.5 Å². The van der Waals surface area contributed by atoms with Gasteiger partial charge in [-0.3, -0.25) is 9.59 Å². The van der Waals surface area contributed by atoms with E-state index in [1.165, 1.54) is 0 Å². The molecule has 0 unspecified atom stereocenters. The highest BCUT2D eigenvalue weighted by Crippen LogP contribution is 2.33. The topological polar surface area (TPSA) is 58.6 Å². The van der Waals surface area contributed by atoms with Crippen LogP contribution in [0.5, 0.6) is 11.5 Å². The van der Waals surface area contributed by atoms with Crippen LogP contribution in [0.25, 0.3) is 0 Å². The standard InChI is InChI=1S/C27H28N2O3/c1-3-19-9-8-10-20(4-2)26(19)29-18-21(17-25(29)30)27(31)28-22-13-15-24(16-14-22)32-23-11-6-5-7-12-23/h5-16,21H,3-4,17-18H2,1-2H3,(H,28,31)/t21-/m0/s1. The molecule has 0 bridgehead atoms. The molecule has 5 heteroatoms. The first-order chi connectivity index (χ1) is 15.6. The number of ether oxygens (including phenoxy) is 1. The Kier molecular flexibility index (Phi) is 6.55. The van der Waals surface area contributed by atoms with Crippen LogP contribution < -0.4 is 15.0 Å². The van der Waals surface area contributed by atoms with Crippen molar-refractivity contribution < 1.29 is 14.3 Å². The lowest BCUT2D eigenvalue weighted by molar-refractivity contribution is -0.122. The van der Waals surface area contributed by atoms with Crippen molar-refractivity contribution in [2.75, 3.05) is 16.8 Å². The minimum Gasteiger partial charge on any atom is -0.457 e. The minimum atomic E-state index is -0.377. The number of benzene rings is 3. The predicted octanol–water partition coefficient (Wildman–Crippen LogP) is 5.60. The van der Waals surface area contributed by atoms with Crippen LogP contribution in [0, 0.1) is 5.92 Å². The summed E-state index contributed by atoms with van der Waals surface area (Å²) in [4.78, 5) is 27.5. The quantitative estimate of drug-likeness (QED) is 0.533. The van der Waals surface area contributed by atoms with E-state index in [1.807, 2.05) is 60.7 Å². The van der Waals surface area contributed by atoms with Crippen molar-refractivity contribution in [3.63, 3.8) is 0 Å². The van der Waals surface area contributed by atoms with Crippen molar-refractivity contribution in [1.82, 2.24) is 0 Å². The lowest BCUT2D eigenvalue weighted by Gasteiger charge is -2.23. The highest BCUT2D eigenvalue weighted by atomic mass is 16.5. The van der Waals surface area contributed by atoms with Gasteiger partial charge >= 0.3 is 0 Å². The number of hydrogen-bond acceptors (Lipinski definition) is 3. The fourth-order valence-corrected chi connectivity index (χ4v) is 4.14. The van der Waals surface area contributed by atoms with E-state index in [0.29, 0.717) is 18.0 Å². The first-order valence-electron chi connectivity index (χ1n) is 11.1. The van der Waals surface area contributed by atoms with Crippen LogP contribution in [0.2, 0.25) is 0 Å². The number of carbonyl (C=O) groups is 2. The zero-order valence-corrected chi connectivity index (χ0v) is 18.5. The molecule has 0 spiro atoms. The maximum atomic E-state index is 12.9. The Balaban J connectivity index is 1.42. The summed E-state index contributed by atoms with van der Waals surface area (Å²) >= 11 is 0. The SMILES string of the molecule is CCc1cccc(CC)c1N1C[C@@H](C(=O)Nc2ccc(Oc3ccccc3)cc2)CC1=O. The van der Waals surface area contributed by atoms with Gasteiger partial charge in [0.25, 0.3) is 0 Å². The molecule has 164 valence electrons. The van der Waals surface area contributed by atoms with E-state index in [0.717, 1.165) is 35.4 Å². The Morgan fingerprint density at radius 3 is 2.16 bits per heavy atom. The molecule has 0 aliphatic carbocycles. The molecule has 1 N–H and O–H groups in total. The van der Waals surface area contributed by atoms with Gasteiger partial charge in [-0.05, 0) is 60.4 Å². The average molecular weight is 429 g/mol. The lowest BCUT2D eigenvalue weighted by Crippen LogP contribution is -2.29. The van der Waals surface area contributed by atoms with E-state index in [2.05, 4.69) is 31.3 Å². The van der Waals surface area contributed by atoms with Crippen LogP contribution >= 0.6 is 0 Å². The number of anilines is 2. The smallest absolute Gasteiger partial charge is 0.229 e. The van der Waals surface area contributed by atoms with Gasteiger partial charge in [0.05, 0.1) is 5.92 Å². The lowest BCUT2D eigenvalue weighted by atomic mass is 10.0. The van der Waals surface area contributed by atoms with Gasteiger partial charge in [-0.1, -0.05) is 50.2 Å². The summed E-state index contributed by atoms with van der Waals surface area (Å²) in [5, 5.41) is 2.95. The maximum Gasteiger partial charge on any atom is 0.229 e. The molecule has 4 rings (SSSR count). The van der Waals surface area contributed by atoms with Gasteiger partial charge in [-0.25, -0.2) is 0 Å². The first kappa shape index (κ1) is 21.6. The second-order valence-electron chi connectivity index (χ2n) is 7.97. The number of nitrogens with zero attached hydrogens (tertiary/aromatic N) is 1. The summed E-state index contributed by atoms with van der Waals surface area (Å²) < 4.78 is 5.79. The van der Waals surface area contributed by atoms with E-state index in [-0.39, 0.29) is 24.2 Å². The number of hydrogen-bond donors (Lipinski definition) is 1. The molecule has 0 saturated carbocycles. The van der Waals surface area contributed by atoms with Gasteiger partial charge in [0, 0.05) is 24.3 Å². The molecule has 0 radical (unpaired) electrons. The maximum absolute atomic E-state index is 12.9. The zero-order chi connectivity index (χ0) is 22.5. The van der Waals surface area contributed by atoms with Crippen molar-refractivity contribution in [1.29, 1.82) is 0 Å². The Bertz CT molecular complexity index is 1070. The van der Waals surface area contributed by atoms with Gasteiger partial charge in [0.15, 0.2) is 0 Å². The summed E-state index contributed by atoms with van der Waals surface area (Å²) in [5.41, 5.74) is 3.96. The van der Waals surface area contributed by atoms with Gasteiger partial charge in [-0.2, -0.15) is 0 Å². The van der Waals surface area contributed by atoms with E-state index < -0.39 is 0 Å². The Hall–Kier alpha value is -3.60. The molecule has 0 aromatic heterocycles. The number of para-hydroxylation sites is 2. The van der Waals surface area contributed by atoms with Gasteiger partial charge in [-0.15, -0.1) is 0 Å². The van der Waals surface area contributed by atoms with Crippen molar-refractivity contribution in [2.24, 2.45) is 5.92 Å². The molecular formula is C27H28N2O3. The number of carbonyl (C=O) groups excluding carboxylic acids is 2. The van der Waals surface area contributed by atoms with Crippen LogP contribution in [-0.4, -0.2) is 18.4 Å². The molecule has 3 aromatic carbocycles. The molecule has 1 atom stereocenters. The van der Waals surface area contributed by atoms with Crippen molar-refractivity contribution in [2.45, 2.75) is 33.1 Å². The summed E-state index contributed by atoms with van der Waals surface area (Å²) in [6.45, 7) is 4.59. The Labute approximate surface area is 189 Å². The monoisotopic (exact) mass is 428 g/mol. The van der Waals surface area contributed by atoms with Crippen molar-refractivity contribution in [3.05, 3.63) is 83.9 Å². The van der Waals surface area contributed by atoms with Gasteiger partial charge in [0.1, 0.15) is 11.5 Å². The third kappa shape index (κ3) is 4.67. The average Bonchev–Trinajstić information content (AvgIpc) is 3.21. The normalized spacial score (nSPS) is 15.6. The third-order valence-electron chi connectivity index (χ3n) is 5.83. The summed E-state index contributed by atoms with van der Waals surface area (Å²) in [5.74, 6) is 0.946. The molecule has 1 saturated heterocycles. The molecule has 1 aliphatic heterocycles. The number of aryl methyl sites for hydroxylation is 2. The van der Waals surface area contributed by atoms with Crippen LogP contribution in [0.1, 0.15) is 31.4 Å². The fraction of sp³-hybridized carbons (Fsp3) is 0.259. The van der Waals surface area contributed by atoms with E-state index in [1.54, 1.807) is 4.90 Å². The van der Waals surface area contributed by atoms with E-state index in [4.69, 9.17) is 4.74 Å². The number of nitrogens with one attached hydrogen (secondary N) is 1. The summed E-state index contributed by atoms with van der Waals surface area (Å²) in [7, 11) is 0. The molecular weight excluding hydrogens is 400 g/mol. The molecule has 1 fully saturated rings. The molecule has 3 aromatic rings. The summed E-state index contributed by atoms with van der Waals surface area (Å²) in [6.07, 6.45) is 1.92. The molecule has 2 amide bonds. The molecule has 5 nitrogen and oxygen atoms in total. The highest BCUT2D eigenvalue weighted by molar-refractivity contribution is 6.04. The third-order valence-corrected chi connectivity index (χ3v) is 5.83. The predicted molar refractivity (Wildman–Crippen MR) is 127 cm³/mol. The Morgan fingerprint density at radius 2 is 1.53 bits per heavy atom. The van der Waals surface area contributed by atoms with Crippen LogP contribution in [0.4, 0.5) is 11.4 Å². The van der Waals surface area contributed by atoms with Crippen LogP contribution in [-0.2, 0) is 22.4 Å². The first-order valence-corrected chi connectivity index (χ1v) is 11.1. The van der Waals surface area contributed by atoms with Gasteiger partial charge in [0.2, 0.25) is 11.8 Å². The van der Waals surface area contributed by atoms with Crippen molar-refractivity contribution >= 4 is 23.2 Å². The molecule has 32 heavy (non-hydrogen) atoms. The van der Waals surface area contributed by atoms with Crippen LogP contribution in [0.3, 0.4) is 0 Å². The second kappa shape index (κ2) is 9.69. The Morgan fingerprint density at radius 1 is 0.906 bits per heavy atom. The summed E-state index contributed by atoms with van der Waals surface area (Å²) in [6, 6.07) is 23.0. The number of amides is 2.